The Morgan fingerprint density at radius 3 is 2.36 bits per heavy atom. The van der Waals surface area contributed by atoms with Gasteiger partial charge in [0.2, 0.25) is 0 Å². The van der Waals surface area contributed by atoms with E-state index in [1.54, 1.807) is 0 Å². The van der Waals surface area contributed by atoms with Crippen LogP contribution in [0.2, 0.25) is 0 Å². The van der Waals surface area contributed by atoms with Crippen molar-refractivity contribution in [3.05, 3.63) is 29.6 Å². The average molecular weight is 221 g/mol. The monoisotopic (exact) mass is 221 g/mol. The molecule has 14 heavy (non-hydrogen) atoms. The van der Waals surface area contributed by atoms with Crippen LogP contribution in [0.4, 0.5) is 23.2 Å². The molecule has 0 fully saturated rings. The molecule has 1 aromatic carbocycles. The highest BCUT2D eigenvalue weighted by atomic mass is 32.1. The quantitative estimate of drug-likeness (QED) is 0.401. The van der Waals surface area contributed by atoms with Gasteiger partial charge in [0.1, 0.15) is 5.82 Å². The van der Waals surface area contributed by atoms with Crippen LogP contribution in [-0.4, -0.2) is 5.16 Å². The molecule has 74 valence electrons. The second-order valence-corrected chi connectivity index (χ2v) is 2.55. The van der Waals surface area contributed by atoms with Gasteiger partial charge in [0.25, 0.3) is 0 Å². The first kappa shape index (κ1) is 10.8. The van der Waals surface area contributed by atoms with E-state index in [9.17, 15) is 17.6 Å². The van der Waals surface area contributed by atoms with E-state index < -0.39 is 17.6 Å². The van der Waals surface area contributed by atoms with Crippen molar-refractivity contribution in [3.63, 3.8) is 0 Å². The van der Waals surface area contributed by atoms with Gasteiger partial charge in [0.05, 0.1) is 16.4 Å². The molecule has 0 aromatic heterocycles. The second kappa shape index (κ2) is 3.86. The fourth-order valence-corrected chi connectivity index (χ4v) is 0.962. The smallest absolute Gasteiger partial charge is 0.206 e. The molecule has 1 rings (SSSR count). The summed E-state index contributed by atoms with van der Waals surface area (Å²) < 4.78 is 49.0. The molecule has 0 radical (unpaired) electrons. The van der Waals surface area contributed by atoms with Gasteiger partial charge in [-0.1, -0.05) is 0 Å². The molecule has 0 N–H and O–H groups in total. The van der Waals surface area contributed by atoms with Crippen molar-refractivity contribution in [1.82, 2.24) is 0 Å². The van der Waals surface area contributed by atoms with Crippen molar-refractivity contribution < 1.29 is 17.6 Å². The molecule has 0 spiro atoms. The largest absolute Gasteiger partial charge is 0.419 e. The van der Waals surface area contributed by atoms with Gasteiger partial charge in [-0.3, -0.25) is 0 Å². The summed E-state index contributed by atoms with van der Waals surface area (Å²) in [6.45, 7) is 0. The molecule has 0 saturated carbocycles. The molecular formula is C8H3F4NS. The number of benzene rings is 1. The zero-order valence-corrected chi connectivity index (χ0v) is 7.42. The van der Waals surface area contributed by atoms with Crippen LogP contribution in [0.3, 0.4) is 0 Å². The van der Waals surface area contributed by atoms with Gasteiger partial charge in [0, 0.05) is 6.07 Å². The number of hydrogen-bond acceptors (Lipinski definition) is 2. The van der Waals surface area contributed by atoms with E-state index in [1.807, 2.05) is 5.16 Å². The standard InChI is InChI=1S/C8H3F4NS/c9-7-3-5(13-4-14)1-2-6(7)8(10,11)12/h1-3H. The van der Waals surface area contributed by atoms with Crippen molar-refractivity contribution in [2.24, 2.45) is 4.99 Å². The molecule has 0 bridgehead atoms. The van der Waals surface area contributed by atoms with Gasteiger partial charge in [-0.2, -0.15) is 18.2 Å². The van der Waals surface area contributed by atoms with Gasteiger partial charge in [0.15, 0.2) is 0 Å². The van der Waals surface area contributed by atoms with E-state index in [4.69, 9.17) is 0 Å². The van der Waals surface area contributed by atoms with Gasteiger partial charge in [-0.05, 0) is 24.4 Å². The lowest BCUT2D eigenvalue weighted by atomic mass is 10.2. The maximum absolute atomic E-state index is 12.8. The van der Waals surface area contributed by atoms with Crippen LogP contribution in [0, 0.1) is 5.82 Å². The van der Waals surface area contributed by atoms with Crippen LogP contribution in [0.5, 0.6) is 0 Å². The average Bonchev–Trinajstić information content (AvgIpc) is 2.02. The molecule has 6 heteroatoms. The summed E-state index contributed by atoms with van der Waals surface area (Å²) in [6, 6.07) is 2.29. The number of isothiocyanates is 1. The summed E-state index contributed by atoms with van der Waals surface area (Å²) in [5.41, 5.74) is -1.31. The molecule has 1 aromatic rings. The zero-order chi connectivity index (χ0) is 10.8. The normalized spacial score (nSPS) is 10.9. The number of rotatable bonds is 1. The Morgan fingerprint density at radius 2 is 1.93 bits per heavy atom. The predicted molar refractivity (Wildman–Crippen MR) is 46.1 cm³/mol. The summed E-state index contributed by atoms with van der Waals surface area (Å²) in [5.74, 6) is -1.37. The summed E-state index contributed by atoms with van der Waals surface area (Å²) in [6.07, 6.45) is -4.69. The van der Waals surface area contributed by atoms with Crippen LogP contribution in [0.25, 0.3) is 0 Å². The summed E-state index contributed by atoms with van der Waals surface area (Å²) in [7, 11) is 0. The maximum atomic E-state index is 12.8. The SMILES string of the molecule is Fc1cc(N=C=S)ccc1C(F)(F)F. The minimum Gasteiger partial charge on any atom is -0.206 e. The zero-order valence-electron chi connectivity index (χ0n) is 6.60. The molecule has 0 aliphatic rings. The summed E-state index contributed by atoms with van der Waals surface area (Å²) in [4.78, 5) is 3.35. The minimum absolute atomic E-state index is 0.00509. The predicted octanol–water partition coefficient (Wildman–Crippen LogP) is 3.58. The van der Waals surface area contributed by atoms with Crippen molar-refractivity contribution >= 4 is 23.1 Å². The Balaban J connectivity index is 3.20. The van der Waals surface area contributed by atoms with Crippen molar-refractivity contribution in [3.8, 4) is 0 Å². The lowest BCUT2D eigenvalue weighted by Gasteiger charge is -2.07. The molecule has 0 atom stereocenters. The van der Waals surface area contributed by atoms with E-state index in [0.29, 0.717) is 12.1 Å². The fourth-order valence-electron chi connectivity index (χ4n) is 0.856. The Bertz CT molecular complexity index is 393. The van der Waals surface area contributed by atoms with Gasteiger partial charge < -0.3 is 0 Å². The van der Waals surface area contributed by atoms with Gasteiger partial charge in [-0.25, -0.2) is 4.39 Å². The van der Waals surface area contributed by atoms with Crippen LogP contribution < -0.4 is 0 Å². The van der Waals surface area contributed by atoms with E-state index >= 15 is 0 Å². The van der Waals surface area contributed by atoms with Crippen molar-refractivity contribution in [2.75, 3.05) is 0 Å². The Hall–Kier alpha value is -1.26. The highest BCUT2D eigenvalue weighted by molar-refractivity contribution is 7.78. The number of halogens is 4. The number of nitrogens with zero attached hydrogens (tertiary/aromatic N) is 1. The van der Waals surface area contributed by atoms with Crippen molar-refractivity contribution in [1.29, 1.82) is 0 Å². The fraction of sp³-hybridized carbons (Fsp3) is 0.125. The van der Waals surface area contributed by atoms with Crippen molar-refractivity contribution in [2.45, 2.75) is 6.18 Å². The topological polar surface area (TPSA) is 12.4 Å². The second-order valence-electron chi connectivity index (χ2n) is 2.36. The van der Waals surface area contributed by atoms with E-state index in [0.717, 1.165) is 6.07 Å². The molecule has 0 aliphatic heterocycles. The Morgan fingerprint density at radius 1 is 1.29 bits per heavy atom. The molecule has 0 heterocycles. The molecule has 0 amide bonds. The third-order valence-electron chi connectivity index (χ3n) is 1.43. The number of aliphatic imine (C=N–C) groups is 1. The number of alkyl halides is 3. The highest BCUT2D eigenvalue weighted by Crippen LogP contribution is 2.32. The molecule has 0 unspecified atom stereocenters. The van der Waals surface area contributed by atoms with Crippen LogP contribution in [-0.2, 0) is 6.18 Å². The summed E-state index contributed by atoms with van der Waals surface area (Å²) in [5, 5.41) is 1.93. The maximum Gasteiger partial charge on any atom is 0.419 e. The van der Waals surface area contributed by atoms with E-state index in [2.05, 4.69) is 17.2 Å². The van der Waals surface area contributed by atoms with E-state index in [-0.39, 0.29) is 5.69 Å². The third kappa shape index (κ3) is 2.37. The first-order valence-electron chi connectivity index (χ1n) is 3.40. The molecular weight excluding hydrogens is 218 g/mol. The number of thiocarbonyl (C=S) groups is 1. The molecule has 0 saturated heterocycles. The van der Waals surface area contributed by atoms with Crippen LogP contribution >= 0.6 is 12.2 Å². The Labute approximate surface area is 82.1 Å². The first-order chi connectivity index (χ1) is 6.45. The lowest BCUT2D eigenvalue weighted by Crippen LogP contribution is -2.07. The lowest BCUT2D eigenvalue weighted by molar-refractivity contribution is -0.139. The van der Waals surface area contributed by atoms with Gasteiger partial charge >= 0.3 is 6.18 Å². The van der Waals surface area contributed by atoms with Crippen LogP contribution in [0.1, 0.15) is 5.56 Å². The third-order valence-corrected chi connectivity index (χ3v) is 1.52. The minimum atomic E-state index is -4.69. The molecule has 1 nitrogen and oxygen atoms in total. The summed E-state index contributed by atoms with van der Waals surface area (Å²) >= 11 is 4.22. The Kier molecular flexibility index (Phi) is 2.98. The number of hydrogen-bond donors (Lipinski definition) is 0. The van der Waals surface area contributed by atoms with E-state index in [1.165, 1.54) is 0 Å². The highest BCUT2D eigenvalue weighted by Gasteiger charge is 2.33. The first-order valence-corrected chi connectivity index (χ1v) is 3.80. The van der Waals surface area contributed by atoms with Gasteiger partial charge in [-0.15, -0.1) is 0 Å². The van der Waals surface area contributed by atoms with Crippen LogP contribution in [0.15, 0.2) is 23.2 Å². The molecule has 0 aliphatic carbocycles.